The topological polar surface area (TPSA) is 183 Å². The summed E-state index contributed by atoms with van der Waals surface area (Å²) in [6, 6.07) is 2.55. The molecule has 2 N–H and O–H groups in total. The van der Waals surface area contributed by atoms with Crippen molar-refractivity contribution in [3.8, 4) is 11.6 Å². The Balaban J connectivity index is 1.13. The van der Waals surface area contributed by atoms with Gasteiger partial charge in [0, 0.05) is 29.9 Å². The van der Waals surface area contributed by atoms with Gasteiger partial charge in [0.2, 0.25) is 27.7 Å². The predicted molar refractivity (Wildman–Crippen MR) is 205 cm³/mol. The molecule has 0 unspecified atom stereocenters. The molecule has 3 saturated carbocycles. The van der Waals surface area contributed by atoms with Gasteiger partial charge in [-0.05, 0) is 97.5 Å². The van der Waals surface area contributed by atoms with Crippen LogP contribution in [0.15, 0.2) is 24.3 Å². The molecule has 14 nitrogen and oxygen atoms in total. The van der Waals surface area contributed by atoms with Crippen LogP contribution >= 0.6 is 0 Å². The highest BCUT2D eigenvalue weighted by molar-refractivity contribution is 7.91. The van der Waals surface area contributed by atoms with Crippen LogP contribution in [0.25, 0.3) is 11.0 Å². The SMILES string of the molecule is COc1ccc2nc(C)c3c(c2n1)CC[C@]1(C[C@H]2C(=O)N[C@]4(C(=O)NS(=O)(=O)C5(C)CC5)C[C@H]4/C=C\CCCCC[C@H](CC(=O)OC4(C)CCC4)C(=O)N2C1)O3. The van der Waals surface area contributed by atoms with Crippen molar-refractivity contribution in [2.24, 2.45) is 11.8 Å². The number of nitrogens with zero attached hydrogens (tertiary/aromatic N) is 3. The number of fused-ring (bicyclic) bond motifs is 5. The molecule has 0 radical (unpaired) electrons. The van der Waals surface area contributed by atoms with Crippen LogP contribution < -0.4 is 19.5 Å². The molecule has 2 aromatic heterocycles. The maximum absolute atomic E-state index is 14.9. The second-order valence-corrected chi connectivity index (χ2v) is 19.8. The zero-order valence-corrected chi connectivity index (χ0v) is 33.6. The normalized spacial score (nSPS) is 31.2. The number of methoxy groups -OCH3 is 1. The van der Waals surface area contributed by atoms with Crippen molar-refractivity contribution in [1.82, 2.24) is 24.9 Å². The average molecular weight is 792 g/mol. The predicted octanol–water partition coefficient (Wildman–Crippen LogP) is 4.50. The van der Waals surface area contributed by atoms with Gasteiger partial charge in [-0.1, -0.05) is 25.0 Å². The van der Waals surface area contributed by atoms with Crippen LogP contribution in [0.3, 0.4) is 0 Å². The van der Waals surface area contributed by atoms with Crippen LogP contribution in [-0.2, 0) is 40.4 Å². The van der Waals surface area contributed by atoms with E-state index < -0.39 is 67.2 Å². The molecule has 5 heterocycles. The summed E-state index contributed by atoms with van der Waals surface area (Å²) >= 11 is 0. The minimum atomic E-state index is -3.98. The van der Waals surface area contributed by atoms with Crippen molar-refractivity contribution >= 4 is 44.7 Å². The van der Waals surface area contributed by atoms with Crippen molar-refractivity contribution < 1.29 is 41.8 Å². The smallest absolute Gasteiger partial charge is 0.307 e. The fraction of sp³-hybridized carbons (Fsp3) is 0.659. The number of sulfonamides is 1. The van der Waals surface area contributed by atoms with Crippen molar-refractivity contribution in [2.45, 2.75) is 145 Å². The molecule has 302 valence electrons. The highest BCUT2D eigenvalue weighted by Crippen LogP contribution is 2.49. The average Bonchev–Trinajstić information content (AvgIpc) is 4.04. The number of aryl methyl sites for hydroxylation is 2. The van der Waals surface area contributed by atoms with E-state index in [2.05, 4.69) is 15.0 Å². The molecule has 5 atom stereocenters. The number of amides is 3. The van der Waals surface area contributed by atoms with Crippen LogP contribution in [-0.4, -0.2) is 88.2 Å². The summed E-state index contributed by atoms with van der Waals surface area (Å²) in [5, 5.41) is 2.97. The fourth-order valence-electron chi connectivity index (χ4n) is 9.07. The van der Waals surface area contributed by atoms with Gasteiger partial charge >= 0.3 is 5.97 Å². The van der Waals surface area contributed by atoms with Gasteiger partial charge in [0.05, 0.1) is 41.5 Å². The molecule has 1 saturated heterocycles. The Morgan fingerprint density at radius 3 is 2.54 bits per heavy atom. The van der Waals surface area contributed by atoms with E-state index in [9.17, 15) is 27.6 Å². The van der Waals surface area contributed by atoms with E-state index in [0.29, 0.717) is 66.9 Å². The van der Waals surface area contributed by atoms with Gasteiger partial charge in [-0.2, -0.15) is 0 Å². The summed E-state index contributed by atoms with van der Waals surface area (Å²) in [5.41, 5.74) is -0.117. The number of pyridine rings is 2. The monoisotopic (exact) mass is 791 g/mol. The van der Waals surface area contributed by atoms with Crippen LogP contribution in [0.4, 0.5) is 0 Å². The molecule has 3 aliphatic heterocycles. The molecule has 0 aromatic carbocycles. The Hall–Kier alpha value is -4.27. The Morgan fingerprint density at radius 1 is 1.04 bits per heavy atom. The number of ether oxygens (including phenoxy) is 3. The first-order valence-electron chi connectivity index (χ1n) is 20.2. The lowest BCUT2D eigenvalue weighted by Crippen LogP contribution is -2.57. The minimum absolute atomic E-state index is 0.0743. The maximum atomic E-state index is 14.9. The molecular weight excluding hydrogens is 739 g/mol. The Morgan fingerprint density at radius 2 is 1.82 bits per heavy atom. The number of esters is 1. The van der Waals surface area contributed by atoms with E-state index >= 15 is 0 Å². The van der Waals surface area contributed by atoms with Crippen molar-refractivity contribution in [2.75, 3.05) is 13.7 Å². The lowest BCUT2D eigenvalue weighted by molar-refractivity contribution is -0.169. The van der Waals surface area contributed by atoms with Crippen molar-refractivity contribution in [3.05, 3.63) is 35.5 Å². The zero-order valence-electron chi connectivity index (χ0n) is 32.8. The van der Waals surface area contributed by atoms with Gasteiger partial charge < -0.3 is 24.4 Å². The van der Waals surface area contributed by atoms with E-state index in [1.807, 2.05) is 32.1 Å². The summed E-state index contributed by atoms with van der Waals surface area (Å²) < 4.78 is 45.9. The molecule has 6 aliphatic rings. The van der Waals surface area contributed by atoms with E-state index in [1.54, 1.807) is 20.1 Å². The molecule has 3 amide bonds. The van der Waals surface area contributed by atoms with Crippen LogP contribution in [0.2, 0.25) is 0 Å². The van der Waals surface area contributed by atoms with E-state index in [0.717, 1.165) is 44.1 Å². The molecule has 15 heteroatoms. The number of aromatic nitrogens is 2. The van der Waals surface area contributed by atoms with Gasteiger partial charge in [-0.3, -0.25) is 23.9 Å². The largest absolute Gasteiger partial charge is 0.483 e. The lowest BCUT2D eigenvalue weighted by atomic mass is 9.82. The van der Waals surface area contributed by atoms with Crippen LogP contribution in [0.1, 0.15) is 115 Å². The van der Waals surface area contributed by atoms with E-state index in [4.69, 9.17) is 19.2 Å². The van der Waals surface area contributed by atoms with Gasteiger partial charge in [0.25, 0.3) is 5.91 Å². The number of nitrogens with one attached hydrogen (secondary N) is 2. The highest BCUT2D eigenvalue weighted by atomic mass is 32.2. The van der Waals surface area contributed by atoms with E-state index in [-0.39, 0.29) is 31.7 Å². The maximum Gasteiger partial charge on any atom is 0.307 e. The van der Waals surface area contributed by atoms with Crippen LogP contribution in [0.5, 0.6) is 11.6 Å². The van der Waals surface area contributed by atoms with Gasteiger partial charge in [-0.15, -0.1) is 0 Å². The van der Waals surface area contributed by atoms with Crippen molar-refractivity contribution in [3.63, 3.8) is 0 Å². The fourth-order valence-corrected chi connectivity index (χ4v) is 10.4. The second-order valence-electron chi connectivity index (χ2n) is 17.6. The molecule has 1 spiro atoms. The number of carbonyl (C=O) groups is 4. The van der Waals surface area contributed by atoms with Crippen molar-refractivity contribution in [1.29, 1.82) is 0 Å². The Kier molecular flexibility index (Phi) is 9.64. The summed E-state index contributed by atoms with van der Waals surface area (Å²) in [7, 11) is -2.43. The third-order valence-electron chi connectivity index (χ3n) is 13.3. The molecule has 8 rings (SSSR count). The van der Waals surface area contributed by atoms with Crippen LogP contribution in [0, 0.1) is 18.8 Å². The number of hydrogen-bond donors (Lipinski definition) is 2. The quantitative estimate of drug-likeness (QED) is 0.298. The highest BCUT2D eigenvalue weighted by Gasteiger charge is 2.64. The number of allylic oxidation sites excluding steroid dienone is 1. The molecule has 3 aliphatic carbocycles. The summed E-state index contributed by atoms with van der Waals surface area (Å²) in [4.78, 5) is 67.9. The molecule has 56 heavy (non-hydrogen) atoms. The standard InChI is InChI=1S/C41H53N5O9S/c1-25-34-28(33-29(42-25)13-14-31(43-33)53-4)15-18-40(55-34)23-30-35(48)44-41(37(50)45-56(51,52)39(3)19-20-39)22-27(41)12-9-7-5-6-8-11-26(36(49)46(30)24-40)21-32(47)54-38(2)16-10-17-38/h9,12-14,26-27,30H,5-8,10-11,15-24H2,1-4H3,(H,44,48)(H,45,50)/b12-9-/t26-,27-,30+,40-,41-/m1/s1. The Bertz CT molecular complexity index is 2110. The number of hydrogen-bond acceptors (Lipinski definition) is 11. The first-order chi connectivity index (χ1) is 26.6. The number of carbonyl (C=O) groups excluding carboxylic acids is 4. The third-order valence-corrected chi connectivity index (χ3v) is 15.5. The molecule has 2 aromatic rings. The summed E-state index contributed by atoms with van der Waals surface area (Å²) in [5.74, 6) is -2.25. The van der Waals surface area contributed by atoms with Gasteiger partial charge in [0.1, 0.15) is 28.5 Å². The molecule has 4 fully saturated rings. The minimum Gasteiger partial charge on any atom is -0.483 e. The molecule has 0 bridgehead atoms. The number of rotatable bonds is 7. The van der Waals surface area contributed by atoms with E-state index in [1.165, 1.54) is 4.90 Å². The third kappa shape index (κ3) is 7.02. The first kappa shape index (κ1) is 38.6. The Labute approximate surface area is 327 Å². The lowest BCUT2D eigenvalue weighted by Gasteiger charge is -2.38. The zero-order chi connectivity index (χ0) is 39.7. The molecular formula is C41H53N5O9S. The summed E-state index contributed by atoms with van der Waals surface area (Å²) in [6.45, 7) is 5.46. The van der Waals surface area contributed by atoms with Gasteiger partial charge in [-0.25, -0.2) is 18.4 Å². The second kappa shape index (κ2) is 14.0. The summed E-state index contributed by atoms with van der Waals surface area (Å²) in [6.07, 6.45) is 12.1. The van der Waals surface area contributed by atoms with Gasteiger partial charge in [0.15, 0.2) is 0 Å². The first-order valence-corrected chi connectivity index (χ1v) is 21.7.